The number of nitrogens with zero attached hydrogens (tertiary/aromatic N) is 1. The minimum absolute atomic E-state index is 0.171. The highest BCUT2D eigenvalue weighted by atomic mass is 16.3. The van der Waals surface area contributed by atoms with Gasteiger partial charge in [0.15, 0.2) is 16.9 Å². The minimum Gasteiger partial charge on any atom is -0.504 e. The molecule has 1 heterocycles. The molecule has 0 unspecified atom stereocenters. The molecule has 4 heteroatoms. The van der Waals surface area contributed by atoms with Gasteiger partial charge in [-0.25, -0.2) is 0 Å². The van der Waals surface area contributed by atoms with Crippen molar-refractivity contribution in [2.75, 3.05) is 0 Å². The highest BCUT2D eigenvalue weighted by Crippen LogP contribution is 2.30. The Morgan fingerprint density at radius 2 is 1.71 bits per heavy atom. The summed E-state index contributed by atoms with van der Waals surface area (Å²) in [5.74, 6) is -0.498. The van der Waals surface area contributed by atoms with Crippen LogP contribution in [0.15, 0.2) is 29.2 Å². The number of phenols is 2. The Morgan fingerprint density at radius 3 is 2.29 bits per heavy atom. The molecule has 0 aliphatic carbocycles. The van der Waals surface area contributed by atoms with E-state index in [1.165, 1.54) is 18.2 Å². The second kappa shape index (κ2) is 3.52. The number of pyridine rings is 1. The van der Waals surface area contributed by atoms with Crippen molar-refractivity contribution in [2.45, 2.75) is 26.3 Å². The van der Waals surface area contributed by atoms with Gasteiger partial charge in [0.2, 0.25) is 0 Å². The molecule has 0 fully saturated rings. The topological polar surface area (TPSA) is 62.5 Å². The van der Waals surface area contributed by atoms with E-state index in [0.29, 0.717) is 10.9 Å². The third kappa shape index (κ3) is 1.86. The number of hydrogen-bond acceptors (Lipinski definition) is 3. The van der Waals surface area contributed by atoms with Gasteiger partial charge in [-0.05, 0) is 26.8 Å². The summed E-state index contributed by atoms with van der Waals surface area (Å²) in [6.07, 6.45) is 1.70. The van der Waals surface area contributed by atoms with Gasteiger partial charge in [0.1, 0.15) is 0 Å². The molecule has 2 rings (SSSR count). The highest BCUT2D eigenvalue weighted by Gasteiger charge is 2.16. The second-order valence-corrected chi connectivity index (χ2v) is 5.08. The van der Waals surface area contributed by atoms with Gasteiger partial charge in [-0.3, -0.25) is 4.79 Å². The Kier molecular flexibility index (Phi) is 2.38. The van der Waals surface area contributed by atoms with E-state index in [9.17, 15) is 15.0 Å². The Bertz CT molecular complexity index is 635. The molecule has 0 radical (unpaired) electrons. The van der Waals surface area contributed by atoms with Gasteiger partial charge in [0.25, 0.3) is 0 Å². The molecule has 0 spiro atoms. The van der Waals surface area contributed by atoms with E-state index >= 15 is 0 Å². The number of rotatable bonds is 0. The molecule has 0 bridgehead atoms. The van der Waals surface area contributed by atoms with Crippen LogP contribution in [0.3, 0.4) is 0 Å². The van der Waals surface area contributed by atoms with Crippen molar-refractivity contribution in [3.63, 3.8) is 0 Å². The van der Waals surface area contributed by atoms with Crippen LogP contribution in [-0.4, -0.2) is 14.8 Å². The van der Waals surface area contributed by atoms with Crippen LogP contribution >= 0.6 is 0 Å². The van der Waals surface area contributed by atoms with Crippen molar-refractivity contribution in [1.29, 1.82) is 0 Å². The van der Waals surface area contributed by atoms with Crippen molar-refractivity contribution >= 4 is 10.9 Å². The van der Waals surface area contributed by atoms with Gasteiger partial charge in [0, 0.05) is 29.3 Å². The lowest BCUT2D eigenvalue weighted by Crippen LogP contribution is -2.23. The fourth-order valence-electron chi connectivity index (χ4n) is 1.86. The van der Waals surface area contributed by atoms with Crippen molar-refractivity contribution in [3.05, 3.63) is 34.6 Å². The average molecular weight is 233 g/mol. The molecule has 0 amide bonds. The Morgan fingerprint density at radius 1 is 1.12 bits per heavy atom. The van der Waals surface area contributed by atoms with E-state index in [1.54, 1.807) is 6.20 Å². The third-order valence-corrected chi connectivity index (χ3v) is 2.72. The monoisotopic (exact) mass is 233 g/mol. The zero-order valence-corrected chi connectivity index (χ0v) is 10.1. The smallest absolute Gasteiger partial charge is 0.189 e. The molecule has 0 saturated carbocycles. The Labute approximate surface area is 98.8 Å². The van der Waals surface area contributed by atoms with Gasteiger partial charge in [-0.1, -0.05) is 0 Å². The number of aromatic nitrogens is 1. The number of hydrogen-bond donors (Lipinski definition) is 2. The van der Waals surface area contributed by atoms with Crippen LogP contribution in [0, 0.1) is 0 Å². The lowest BCUT2D eigenvalue weighted by molar-refractivity contribution is 0.397. The minimum atomic E-state index is -0.277. The molecule has 2 N–H and O–H groups in total. The number of aromatic hydroxyl groups is 2. The fourth-order valence-corrected chi connectivity index (χ4v) is 1.86. The summed E-state index contributed by atoms with van der Waals surface area (Å²) in [5.41, 5.74) is 0.228. The van der Waals surface area contributed by atoms with E-state index < -0.39 is 0 Å². The summed E-state index contributed by atoms with van der Waals surface area (Å²) >= 11 is 0. The first-order valence-corrected chi connectivity index (χ1v) is 5.38. The van der Waals surface area contributed by atoms with E-state index in [2.05, 4.69) is 0 Å². The van der Waals surface area contributed by atoms with Crippen LogP contribution < -0.4 is 5.43 Å². The first-order valence-electron chi connectivity index (χ1n) is 5.38. The van der Waals surface area contributed by atoms with Crippen LogP contribution in [0.4, 0.5) is 0 Å². The zero-order chi connectivity index (χ0) is 12.8. The summed E-state index contributed by atoms with van der Waals surface area (Å²) in [7, 11) is 0. The molecule has 0 aliphatic heterocycles. The van der Waals surface area contributed by atoms with Gasteiger partial charge >= 0.3 is 0 Å². The molecule has 0 saturated heterocycles. The van der Waals surface area contributed by atoms with E-state index in [1.807, 2.05) is 25.3 Å². The zero-order valence-electron chi connectivity index (χ0n) is 10.1. The number of fused-ring (bicyclic) bond motifs is 1. The first kappa shape index (κ1) is 11.5. The number of benzene rings is 1. The molecule has 4 nitrogen and oxygen atoms in total. The van der Waals surface area contributed by atoms with Crippen LogP contribution in [0.1, 0.15) is 20.8 Å². The van der Waals surface area contributed by atoms with E-state index in [4.69, 9.17) is 0 Å². The number of phenolic OH excluding ortho intramolecular Hbond substituents is 2. The van der Waals surface area contributed by atoms with Crippen molar-refractivity contribution in [1.82, 2.24) is 4.57 Å². The van der Waals surface area contributed by atoms with Crippen LogP contribution in [-0.2, 0) is 5.54 Å². The standard InChI is InChI=1S/C13H15NO3/c1-13(2,3)14-5-4-10(15)8-6-11(16)12(17)7-9(8)14/h4-7,16-17H,1-3H3. The Hall–Kier alpha value is -1.97. The predicted octanol–water partition coefficient (Wildman–Crippen LogP) is 2.17. The summed E-state index contributed by atoms with van der Waals surface area (Å²) in [6.45, 7) is 6.00. The van der Waals surface area contributed by atoms with Crippen molar-refractivity contribution in [3.8, 4) is 11.5 Å². The van der Waals surface area contributed by atoms with Crippen LogP contribution in [0.25, 0.3) is 10.9 Å². The fraction of sp³-hybridized carbons (Fsp3) is 0.308. The van der Waals surface area contributed by atoms with Crippen LogP contribution in [0.5, 0.6) is 11.5 Å². The average Bonchev–Trinajstić information content (AvgIpc) is 2.19. The molecule has 1 aromatic heterocycles. The van der Waals surface area contributed by atoms with Crippen molar-refractivity contribution < 1.29 is 10.2 Å². The van der Waals surface area contributed by atoms with Gasteiger partial charge < -0.3 is 14.8 Å². The SMILES string of the molecule is CC(C)(C)n1ccc(=O)c2cc(O)c(O)cc21. The lowest BCUT2D eigenvalue weighted by Gasteiger charge is -2.25. The molecule has 2 aromatic rings. The molecule has 0 aliphatic rings. The molecule has 17 heavy (non-hydrogen) atoms. The predicted molar refractivity (Wildman–Crippen MR) is 66.5 cm³/mol. The second-order valence-electron chi connectivity index (χ2n) is 5.08. The van der Waals surface area contributed by atoms with Crippen molar-refractivity contribution in [2.24, 2.45) is 0 Å². The maximum Gasteiger partial charge on any atom is 0.189 e. The largest absolute Gasteiger partial charge is 0.504 e. The van der Waals surface area contributed by atoms with Crippen LogP contribution in [0.2, 0.25) is 0 Å². The van der Waals surface area contributed by atoms with Gasteiger partial charge in [-0.2, -0.15) is 0 Å². The maximum absolute atomic E-state index is 11.7. The molecule has 90 valence electrons. The van der Waals surface area contributed by atoms with E-state index in [-0.39, 0.29) is 22.5 Å². The summed E-state index contributed by atoms with van der Waals surface area (Å²) in [5, 5.41) is 19.4. The lowest BCUT2D eigenvalue weighted by atomic mass is 10.1. The molecule has 0 atom stereocenters. The highest BCUT2D eigenvalue weighted by molar-refractivity contribution is 5.82. The first-order chi connectivity index (χ1) is 7.80. The Balaban J connectivity index is 2.95. The molecular formula is C13H15NO3. The summed E-state index contributed by atoms with van der Waals surface area (Å²) in [4.78, 5) is 11.7. The quantitative estimate of drug-likeness (QED) is 0.685. The van der Waals surface area contributed by atoms with E-state index in [0.717, 1.165) is 0 Å². The normalized spacial score (nSPS) is 11.9. The third-order valence-electron chi connectivity index (χ3n) is 2.72. The molecule has 1 aromatic carbocycles. The van der Waals surface area contributed by atoms with Gasteiger partial charge in [0.05, 0.1) is 5.52 Å². The molecular weight excluding hydrogens is 218 g/mol. The van der Waals surface area contributed by atoms with Gasteiger partial charge in [-0.15, -0.1) is 0 Å². The summed E-state index contributed by atoms with van der Waals surface area (Å²) in [6, 6.07) is 4.18. The maximum atomic E-state index is 11.7. The summed E-state index contributed by atoms with van der Waals surface area (Å²) < 4.78 is 1.89.